The minimum atomic E-state index is -4.78. The highest BCUT2D eigenvalue weighted by molar-refractivity contribution is 5.76. The summed E-state index contributed by atoms with van der Waals surface area (Å²) in [5, 5.41) is 0. The maximum absolute atomic E-state index is 13.3. The van der Waals surface area contributed by atoms with Gasteiger partial charge in [0, 0.05) is 5.56 Å². The number of hydrogen-bond donors (Lipinski definition) is 0. The van der Waals surface area contributed by atoms with Crippen molar-refractivity contribution in [2.75, 3.05) is 0 Å². The number of alkyl halides is 6. The number of hydrogen-bond acceptors (Lipinski definition) is 2. The van der Waals surface area contributed by atoms with Crippen LogP contribution in [0.4, 0.5) is 30.7 Å². The molecule has 2 nitrogen and oxygen atoms in total. The van der Waals surface area contributed by atoms with Gasteiger partial charge in [-0.05, 0) is 42.0 Å². The summed E-state index contributed by atoms with van der Waals surface area (Å²) >= 11 is 0. The Kier molecular flexibility index (Phi) is 5.05. The molecule has 0 spiro atoms. The summed E-state index contributed by atoms with van der Waals surface area (Å²) in [5.74, 6) is -1.54. The van der Waals surface area contributed by atoms with Crippen molar-refractivity contribution < 1.29 is 40.3 Å². The Hall–Kier alpha value is -2.58. The van der Waals surface area contributed by atoms with Gasteiger partial charge in [0.25, 0.3) is 0 Å². The molecule has 0 aliphatic rings. The van der Waals surface area contributed by atoms with Crippen LogP contribution in [0.25, 0.3) is 0 Å². The van der Waals surface area contributed by atoms with E-state index in [2.05, 4.69) is 0 Å². The largest absolute Gasteiger partial charge is 0.489 e. The van der Waals surface area contributed by atoms with Crippen LogP contribution in [0.2, 0.25) is 0 Å². The second kappa shape index (κ2) is 6.73. The predicted molar refractivity (Wildman–Crippen MR) is 72.6 cm³/mol. The minimum Gasteiger partial charge on any atom is -0.489 e. The lowest BCUT2D eigenvalue weighted by Crippen LogP contribution is -2.08. The third kappa shape index (κ3) is 4.94. The van der Waals surface area contributed by atoms with Gasteiger partial charge in [-0.15, -0.1) is 0 Å². The molecule has 9 heteroatoms. The molecule has 0 heterocycles. The summed E-state index contributed by atoms with van der Waals surface area (Å²) in [6, 6.07) is 3.87. The summed E-state index contributed by atoms with van der Waals surface area (Å²) in [6.07, 6.45) is -9.34. The first-order valence-electron chi connectivity index (χ1n) is 6.66. The fourth-order valence-corrected chi connectivity index (χ4v) is 2.00. The van der Waals surface area contributed by atoms with Crippen molar-refractivity contribution in [3.8, 4) is 5.75 Å². The van der Waals surface area contributed by atoms with E-state index in [1.54, 1.807) is 0 Å². The average Bonchev–Trinajstić information content (AvgIpc) is 2.50. The molecule has 0 radical (unpaired) electrons. The molecule has 2 aromatic carbocycles. The van der Waals surface area contributed by atoms with E-state index in [-0.39, 0.29) is 29.2 Å². The van der Waals surface area contributed by atoms with Crippen molar-refractivity contribution >= 4 is 6.29 Å². The van der Waals surface area contributed by atoms with Gasteiger partial charge in [-0.3, -0.25) is 4.79 Å². The van der Waals surface area contributed by atoms with Crippen LogP contribution in [0, 0.1) is 5.82 Å². The van der Waals surface area contributed by atoms with Gasteiger partial charge >= 0.3 is 12.4 Å². The Bertz CT molecular complexity index is 779. The summed E-state index contributed by atoms with van der Waals surface area (Å²) in [6.45, 7) is -0.611. The lowest BCUT2D eigenvalue weighted by Gasteiger charge is -2.13. The maximum atomic E-state index is 13.3. The van der Waals surface area contributed by atoms with Crippen molar-refractivity contribution in [2.45, 2.75) is 19.0 Å². The van der Waals surface area contributed by atoms with Gasteiger partial charge in [0.05, 0.1) is 11.1 Å². The molecular formula is C16H9F7O2. The quantitative estimate of drug-likeness (QED) is 0.545. The molecule has 25 heavy (non-hydrogen) atoms. The van der Waals surface area contributed by atoms with E-state index in [0.717, 1.165) is 12.1 Å². The number of carbonyl (C=O) groups is 1. The van der Waals surface area contributed by atoms with Crippen LogP contribution < -0.4 is 4.74 Å². The monoisotopic (exact) mass is 366 g/mol. The molecule has 0 N–H and O–H groups in total. The van der Waals surface area contributed by atoms with Gasteiger partial charge in [0.1, 0.15) is 24.5 Å². The molecule has 0 atom stereocenters. The molecule has 0 bridgehead atoms. The molecule has 2 aromatic rings. The number of aldehydes is 1. The van der Waals surface area contributed by atoms with Crippen LogP contribution in [0.1, 0.15) is 27.0 Å². The van der Waals surface area contributed by atoms with Crippen LogP contribution in [-0.4, -0.2) is 6.29 Å². The zero-order chi connectivity index (χ0) is 18.8. The van der Waals surface area contributed by atoms with E-state index >= 15 is 0 Å². The maximum Gasteiger partial charge on any atom is 0.416 e. The Morgan fingerprint density at radius 3 is 2.00 bits per heavy atom. The third-order valence-corrected chi connectivity index (χ3v) is 3.08. The molecular weight excluding hydrogens is 357 g/mol. The lowest BCUT2D eigenvalue weighted by atomic mass is 10.1. The van der Waals surface area contributed by atoms with Crippen LogP contribution in [0.3, 0.4) is 0 Å². The minimum absolute atomic E-state index is 0.173. The SMILES string of the molecule is O=Cc1cc(OCc2cc(F)cc(C(F)(F)F)c2)cc(C(F)(F)F)c1. The molecule has 0 saturated heterocycles. The lowest BCUT2D eigenvalue weighted by molar-refractivity contribution is -0.138. The van der Waals surface area contributed by atoms with Crippen molar-refractivity contribution in [2.24, 2.45) is 0 Å². The Morgan fingerprint density at radius 2 is 1.44 bits per heavy atom. The van der Waals surface area contributed by atoms with E-state index in [1.165, 1.54) is 0 Å². The topological polar surface area (TPSA) is 26.3 Å². The smallest absolute Gasteiger partial charge is 0.416 e. The van der Waals surface area contributed by atoms with E-state index in [0.29, 0.717) is 18.2 Å². The molecule has 0 aromatic heterocycles. The highest BCUT2D eigenvalue weighted by Crippen LogP contribution is 2.33. The second-order valence-corrected chi connectivity index (χ2v) is 5.04. The second-order valence-electron chi connectivity index (χ2n) is 5.04. The van der Waals surface area contributed by atoms with Gasteiger partial charge in [0.2, 0.25) is 0 Å². The van der Waals surface area contributed by atoms with Crippen molar-refractivity contribution in [3.05, 3.63) is 64.5 Å². The average molecular weight is 366 g/mol. The first-order valence-corrected chi connectivity index (χ1v) is 6.66. The van der Waals surface area contributed by atoms with E-state index in [4.69, 9.17) is 4.74 Å². The predicted octanol–water partition coefficient (Wildman–Crippen LogP) is 5.25. The Balaban J connectivity index is 2.27. The van der Waals surface area contributed by atoms with E-state index in [1.807, 2.05) is 0 Å². The highest BCUT2D eigenvalue weighted by Gasteiger charge is 2.32. The van der Waals surface area contributed by atoms with Gasteiger partial charge in [-0.2, -0.15) is 26.3 Å². The van der Waals surface area contributed by atoms with Crippen molar-refractivity contribution in [1.82, 2.24) is 0 Å². The van der Waals surface area contributed by atoms with E-state index < -0.39 is 35.9 Å². The Labute approximate surface area is 136 Å². The van der Waals surface area contributed by atoms with Gasteiger partial charge in [-0.25, -0.2) is 4.39 Å². The third-order valence-electron chi connectivity index (χ3n) is 3.08. The van der Waals surface area contributed by atoms with Crippen molar-refractivity contribution in [3.63, 3.8) is 0 Å². The molecule has 134 valence electrons. The normalized spacial score (nSPS) is 12.1. The van der Waals surface area contributed by atoms with Crippen LogP contribution in [0.15, 0.2) is 36.4 Å². The molecule has 0 unspecified atom stereocenters. The molecule has 0 saturated carbocycles. The highest BCUT2D eigenvalue weighted by atomic mass is 19.4. The number of rotatable bonds is 4. The zero-order valence-corrected chi connectivity index (χ0v) is 12.2. The zero-order valence-electron chi connectivity index (χ0n) is 12.2. The first-order chi connectivity index (χ1) is 11.5. The fraction of sp³-hybridized carbons (Fsp3) is 0.188. The summed E-state index contributed by atoms with van der Waals surface area (Å²) in [5.41, 5.74) is -2.94. The molecule has 2 rings (SSSR count). The number of benzene rings is 2. The fourth-order valence-electron chi connectivity index (χ4n) is 2.00. The number of carbonyl (C=O) groups excluding carboxylic acids is 1. The molecule has 0 aliphatic heterocycles. The standard InChI is InChI=1S/C16H9F7O2/c17-13-3-10(2-11(5-13)15(18,19)20)8-25-14-4-9(7-24)1-12(6-14)16(21,22)23/h1-7H,8H2. The molecule has 0 fully saturated rings. The molecule has 0 aliphatic carbocycles. The van der Waals surface area contributed by atoms with Crippen LogP contribution in [-0.2, 0) is 19.0 Å². The first kappa shape index (κ1) is 18.8. The van der Waals surface area contributed by atoms with Gasteiger partial charge in [0.15, 0.2) is 0 Å². The molecule has 0 amide bonds. The van der Waals surface area contributed by atoms with Crippen molar-refractivity contribution in [1.29, 1.82) is 0 Å². The Morgan fingerprint density at radius 1 is 0.840 bits per heavy atom. The van der Waals surface area contributed by atoms with Gasteiger partial charge in [-0.1, -0.05) is 0 Å². The van der Waals surface area contributed by atoms with E-state index in [9.17, 15) is 35.5 Å². The van der Waals surface area contributed by atoms with Gasteiger partial charge < -0.3 is 4.74 Å². The summed E-state index contributed by atoms with van der Waals surface area (Å²) in [7, 11) is 0. The summed E-state index contributed by atoms with van der Waals surface area (Å²) in [4.78, 5) is 10.7. The van der Waals surface area contributed by atoms with Crippen LogP contribution in [0.5, 0.6) is 5.75 Å². The van der Waals surface area contributed by atoms with Crippen LogP contribution >= 0.6 is 0 Å². The summed E-state index contributed by atoms with van der Waals surface area (Å²) < 4.78 is 94.4. The number of ether oxygens (including phenoxy) is 1. The number of halogens is 7.